The monoisotopic (exact) mass is 264 g/mol. The van der Waals surface area contributed by atoms with Gasteiger partial charge in [-0.15, -0.1) is 0 Å². The van der Waals surface area contributed by atoms with E-state index in [0.29, 0.717) is 5.41 Å². The molecule has 0 aromatic carbocycles. The Morgan fingerprint density at radius 3 is 2.78 bits per heavy atom. The van der Waals surface area contributed by atoms with E-state index in [9.17, 15) is 4.79 Å². The highest BCUT2D eigenvalue weighted by Crippen LogP contribution is 2.37. The van der Waals surface area contributed by atoms with Crippen molar-refractivity contribution in [1.29, 1.82) is 0 Å². The number of likely N-dealkylation sites (tertiary alicyclic amines) is 1. The van der Waals surface area contributed by atoms with Crippen molar-refractivity contribution < 1.29 is 4.79 Å². The van der Waals surface area contributed by atoms with Crippen molar-refractivity contribution in [3.8, 4) is 0 Å². The van der Waals surface area contributed by atoms with Crippen LogP contribution < -0.4 is 5.32 Å². The third kappa shape index (κ3) is 2.31. The lowest BCUT2D eigenvalue weighted by molar-refractivity contribution is 0.0514. The molecular weight excluding hydrogens is 244 g/mol. The summed E-state index contributed by atoms with van der Waals surface area (Å²) in [6, 6.07) is 1.93. The molecule has 1 aromatic heterocycles. The molecule has 2 aliphatic heterocycles. The van der Waals surface area contributed by atoms with Crippen molar-refractivity contribution in [2.45, 2.75) is 25.7 Å². The van der Waals surface area contributed by atoms with E-state index >= 15 is 0 Å². The van der Waals surface area contributed by atoms with E-state index in [-0.39, 0.29) is 5.91 Å². The van der Waals surface area contributed by atoms with Crippen molar-refractivity contribution in [3.63, 3.8) is 0 Å². The maximum atomic E-state index is 12.2. The molecule has 98 valence electrons. The molecule has 1 aromatic rings. The standard InChI is InChI=1S/C14H20N2OS/c17-13(12-2-9-18-10-12)16-7-4-14(5-8-16)3-1-6-15-11-14/h2,9-10,15H,1,3-8,11H2. The highest BCUT2D eigenvalue weighted by Gasteiger charge is 2.36. The Balaban J connectivity index is 1.61. The Morgan fingerprint density at radius 2 is 2.17 bits per heavy atom. The largest absolute Gasteiger partial charge is 0.339 e. The van der Waals surface area contributed by atoms with Crippen LogP contribution in [0.15, 0.2) is 16.8 Å². The molecule has 2 saturated heterocycles. The quantitative estimate of drug-likeness (QED) is 0.844. The maximum Gasteiger partial charge on any atom is 0.254 e. The third-order valence-electron chi connectivity index (χ3n) is 4.44. The lowest BCUT2D eigenvalue weighted by Gasteiger charge is -2.44. The second-order valence-electron chi connectivity index (χ2n) is 5.58. The summed E-state index contributed by atoms with van der Waals surface area (Å²) in [5, 5.41) is 7.44. The van der Waals surface area contributed by atoms with Crippen LogP contribution in [0.4, 0.5) is 0 Å². The average Bonchev–Trinajstić information content (AvgIpc) is 2.94. The molecule has 1 amide bonds. The molecular formula is C14H20N2OS. The van der Waals surface area contributed by atoms with E-state index < -0.39 is 0 Å². The van der Waals surface area contributed by atoms with Gasteiger partial charge in [0.2, 0.25) is 0 Å². The number of nitrogens with zero attached hydrogens (tertiary/aromatic N) is 1. The molecule has 1 N–H and O–H groups in total. The van der Waals surface area contributed by atoms with Gasteiger partial charge in [-0.2, -0.15) is 11.3 Å². The predicted molar refractivity (Wildman–Crippen MR) is 74.0 cm³/mol. The number of hydrogen-bond donors (Lipinski definition) is 1. The molecule has 0 aliphatic carbocycles. The van der Waals surface area contributed by atoms with Crippen LogP contribution in [0.25, 0.3) is 0 Å². The number of amides is 1. The first-order valence-corrected chi connectivity index (χ1v) is 7.76. The molecule has 2 fully saturated rings. The Bertz CT molecular complexity index is 399. The second kappa shape index (κ2) is 5.02. The number of carbonyl (C=O) groups excluding carboxylic acids is 1. The predicted octanol–water partition coefficient (Wildman–Crippen LogP) is 2.35. The Hall–Kier alpha value is -0.870. The molecule has 3 rings (SSSR count). The first kappa shape index (κ1) is 12.2. The zero-order chi connectivity index (χ0) is 12.4. The van der Waals surface area contributed by atoms with E-state index in [0.717, 1.165) is 38.0 Å². The summed E-state index contributed by atoms with van der Waals surface area (Å²) in [4.78, 5) is 14.3. The van der Waals surface area contributed by atoms with Gasteiger partial charge in [0, 0.05) is 25.0 Å². The summed E-state index contributed by atoms with van der Waals surface area (Å²) in [6.07, 6.45) is 4.95. The maximum absolute atomic E-state index is 12.2. The molecule has 0 saturated carbocycles. The molecule has 3 nitrogen and oxygen atoms in total. The number of hydrogen-bond acceptors (Lipinski definition) is 3. The summed E-state index contributed by atoms with van der Waals surface area (Å²) in [6.45, 7) is 4.17. The summed E-state index contributed by atoms with van der Waals surface area (Å²) >= 11 is 1.60. The zero-order valence-corrected chi connectivity index (χ0v) is 11.5. The molecule has 4 heteroatoms. The minimum Gasteiger partial charge on any atom is -0.339 e. The van der Waals surface area contributed by atoms with Crippen molar-refractivity contribution >= 4 is 17.2 Å². The van der Waals surface area contributed by atoms with Gasteiger partial charge in [-0.3, -0.25) is 4.79 Å². The molecule has 0 unspecified atom stereocenters. The van der Waals surface area contributed by atoms with Crippen LogP contribution in [0.1, 0.15) is 36.0 Å². The highest BCUT2D eigenvalue weighted by atomic mass is 32.1. The highest BCUT2D eigenvalue weighted by molar-refractivity contribution is 7.08. The van der Waals surface area contributed by atoms with Gasteiger partial charge < -0.3 is 10.2 Å². The summed E-state index contributed by atoms with van der Waals surface area (Å²) in [7, 11) is 0. The van der Waals surface area contributed by atoms with Gasteiger partial charge in [-0.1, -0.05) is 0 Å². The SMILES string of the molecule is O=C(c1ccsc1)N1CCC2(CCCNC2)CC1. The van der Waals surface area contributed by atoms with Crippen molar-refractivity contribution in [3.05, 3.63) is 22.4 Å². The lowest BCUT2D eigenvalue weighted by atomic mass is 9.73. The number of carbonyl (C=O) groups is 1. The summed E-state index contributed by atoms with van der Waals surface area (Å²) < 4.78 is 0. The van der Waals surface area contributed by atoms with Gasteiger partial charge in [0.1, 0.15) is 0 Å². The second-order valence-corrected chi connectivity index (χ2v) is 6.36. The molecule has 3 heterocycles. The number of thiophene rings is 1. The molecule has 0 bridgehead atoms. The average molecular weight is 264 g/mol. The Morgan fingerprint density at radius 1 is 1.33 bits per heavy atom. The van der Waals surface area contributed by atoms with E-state index in [1.807, 2.05) is 21.7 Å². The van der Waals surface area contributed by atoms with Crippen LogP contribution in [0, 0.1) is 5.41 Å². The number of nitrogens with one attached hydrogen (secondary N) is 1. The van der Waals surface area contributed by atoms with E-state index in [2.05, 4.69) is 5.32 Å². The van der Waals surface area contributed by atoms with Crippen molar-refractivity contribution in [1.82, 2.24) is 10.2 Å². The molecule has 18 heavy (non-hydrogen) atoms. The van der Waals surface area contributed by atoms with Crippen molar-refractivity contribution in [2.75, 3.05) is 26.2 Å². The minimum absolute atomic E-state index is 0.217. The van der Waals surface area contributed by atoms with Gasteiger partial charge in [-0.25, -0.2) is 0 Å². The van der Waals surface area contributed by atoms with Crippen LogP contribution in [0.5, 0.6) is 0 Å². The third-order valence-corrected chi connectivity index (χ3v) is 5.12. The van der Waals surface area contributed by atoms with Gasteiger partial charge in [-0.05, 0) is 49.1 Å². The van der Waals surface area contributed by atoms with Gasteiger partial charge in [0.05, 0.1) is 5.56 Å². The number of rotatable bonds is 1. The minimum atomic E-state index is 0.217. The summed E-state index contributed by atoms with van der Waals surface area (Å²) in [5.41, 5.74) is 1.33. The molecule has 2 aliphatic rings. The molecule has 0 atom stereocenters. The Labute approximate surface area is 112 Å². The molecule has 1 spiro atoms. The van der Waals surface area contributed by atoms with Crippen LogP contribution in [0.2, 0.25) is 0 Å². The first-order chi connectivity index (χ1) is 8.79. The summed E-state index contributed by atoms with van der Waals surface area (Å²) in [5.74, 6) is 0.217. The number of piperidine rings is 2. The fourth-order valence-electron chi connectivity index (χ4n) is 3.21. The zero-order valence-electron chi connectivity index (χ0n) is 10.7. The van der Waals surface area contributed by atoms with Crippen LogP contribution in [-0.4, -0.2) is 37.0 Å². The van der Waals surface area contributed by atoms with Crippen molar-refractivity contribution in [2.24, 2.45) is 5.41 Å². The van der Waals surface area contributed by atoms with E-state index in [4.69, 9.17) is 0 Å². The van der Waals surface area contributed by atoms with E-state index in [1.54, 1.807) is 11.3 Å². The fraction of sp³-hybridized carbons (Fsp3) is 0.643. The van der Waals surface area contributed by atoms with Crippen LogP contribution >= 0.6 is 11.3 Å². The van der Waals surface area contributed by atoms with Gasteiger partial charge in [0.15, 0.2) is 0 Å². The van der Waals surface area contributed by atoms with Crippen LogP contribution in [0.3, 0.4) is 0 Å². The normalized spacial score (nSPS) is 23.2. The van der Waals surface area contributed by atoms with Gasteiger partial charge >= 0.3 is 0 Å². The molecule has 0 radical (unpaired) electrons. The lowest BCUT2D eigenvalue weighted by Crippen LogP contribution is -2.49. The fourth-order valence-corrected chi connectivity index (χ4v) is 3.84. The van der Waals surface area contributed by atoms with Crippen LogP contribution in [-0.2, 0) is 0 Å². The first-order valence-electron chi connectivity index (χ1n) is 6.81. The van der Waals surface area contributed by atoms with E-state index in [1.165, 1.54) is 19.4 Å². The Kier molecular flexibility index (Phi) is 3.39. The topological polar surface area (TPSA) is 32.3 Å². The smallest absolute Gasteiger partial charge is 0.254 e. The van der Waals surface area contributed by atoms with Gasteiger partial charge in [0.25, 0.3) is 5.91 Å².